The molecule has 5 heteroatoms. The second kappa shape index (κ2) is 9.34. The topological polar surface area (TPSA) is 28.5 Å². The number of halogens is 1. The highest BCUT2D eigenvalue weighted by Crippen LogP contribution is 2.35. The van der Waals surface area contributed by atoms with E-state index in [9.17, 15) is 9.18 Å². The number of carbonyl (C=O) groups excluding carboxylic acids is 1. The first-order valence-electron chi connectivity index (χ1n) is 11.9. The number of benzene rings is 3. The lowest BCUT2D eigenvalue weighted by Gasteiger charge is -2.37. The van der Waals surface area contributed by atoms with E-state index < -0.39 is 0 Å². The Labute approximate surface area is 200 Å². The van der Waals surface area contributed by atoms with Crippen LogP contribution in [0.5, 0.6) is 0 Å². The van der Waals surface area contributed by atoms with Crippen molar-refractivity contribution in [2.24, 2.45) is 7.05 Å². The van der Waals surface area contributed by atoms with Crippen molar-refractivity contribution >= 4 is 22.5 Å². The normalized spacial score (nSPS) is 15.0. The van der Waals surface area contributed by atoms with Crippen molar-refractivity contribution in [1.82, 2.24) is 9.47 Å². The molecular weight excluding hydrogens is 425 g/mol. The molecule has 1 aromatic heterocycles. The number of aromatic nitrogens is 1. The standard InChI is InChI=1S/C29H30FN3O/c1-21-8-3-5-12-27(21)32-14-16-33(17-15-32)29(34)19-25(22-9-7-10-23(30)18-22)26-20-31(2)28-13-6-4-11-24(26)28/h3-13,18,20,25H,14-17,19H2,1-2H3. The van der Waals surface area contributed by atoms with Crippen LogP contribution in [0.25, 0.3) is 10.9 Å². The van der Waals surface area contributed by atoms with Gasteiger partial charge in [0, 0.05) is 68.4 Å². The van der Waals surface area contributed by atoms with Crippen molar-refractivity contribution in [3.05, 3.63) is 102 Å². The van der Waals surface area contributed by atoms with E-state index >= 15 is 0 Å². The minimum Gasteiger partial charge on any atom is -0.368 e. The van der Waals surface area contributed by atoms with Crippen LogP contribution >= 0.6 is 0 Å². The summed E-state index contributed by atoms with van der Waals surface area (Å²) in [6, 6.07) is 23.3. The molecular formula is C29H30FN3O. The van der Waals surface area contributed by atoms with Gasteiger partial charge in [-0.1, -0.05) is 48.5 Å². The van der Waals surface area contributed by atoms with Crippen LogP contribution in [0.15, 0.2) is 79.0 Å². The number of nitrogens with zero attached hydrogens (tertiary/aromatic N) is 3. The molecule has 1 aliphatic heterocycles. The number of hydrogen-bond acceptors (Lipinski definition) is 2. The van der Waals surface area contributed by atoms with Gasteiger partial charge in [-0.15, -0.1) is 0 Å². The van der Waals surface area contributed by atoms with Crippen LogP contribution in [0.3, 0.4) is 0 Å². The predicted molar refractivity (Wildman–Crippen MR) is 136 cm³/mol. The number of para-hydroxylation sites is 2. The summed E-state index contributed by atoms with van der Waals surface area (Å²) in [4.78, 5) is 17.8. The average Bonchev–Trinajstić information content (AvgIpc) is 3.19. The Balaban J connectivity index is 1.39. The molecule has 34 heavy (non-hydrogen) atoms. The van der Waals surface area contributed by atoms with Crippen LogP contribution in [-0.4, -0.2) is 41.6 Å². The van der Waals surface area contributed by atoms with Crippen molar-refractivity contribution < 1.29 is 9.18 Å². The summed E-state index contributed by atoms with van der Waals surface area (Å²) < 4.78 is 16.3. The maximum atomic E-state index is 14.2. The average molecular weight is 456 g/mol. The summed E-state index contributed by atoms with van der Waals surface area (Å²) in [6.07, 6.45) is 2.41. The molecule has 1 amide bonds. The monoisotopic (exact) mass is 455 g/mol. The lowest BCUT2D eigenvalue weighted by molar-refractivity contribution is -0.131. The zero-order valence-corrected chi connectivity index (χ0v) is 19.7. The second-order valence-electron chi connectivity index (χ2n) is 9.18. The van der Waals surface area contributed by atoms with E-state index in [0.717, 1.165) is 35.1 Å². The lowest BCUT2D eigenvalue weighted by atomic mass is 9.87. The Morgan fingerprint density at radius 3 is 2.44 bits per heavy atom. The Bertz CT molecular complexity index is 1320. The number of piperazine rings is 1. The molecule has 1 fully saturated rings. The fraction of sp³-hybridized carbons (Fsp3) is 0.276. The molecule has 0 radical (unpaired) electrons. The highest BCUT2D eigenvalue weighted by molar-refractivity contribution is 5.86. The van der Waals surface area contributed by atoms with Crippen molar-refractivity contribution in [2.75, 3.05) is 31.1 Å². The van der Waals surface area contributed by atoms with Crippen molar-refractivity contribution in [3.8, 4) is 0 Å². The molecule has 4 nitrogen and oxygen atoms in total. The molecule has 1 saturated heterocycles. The Morgan fingerprint density at radius 2 is 1.68 bits per heavy atom. The SMILES string of the molecule is Cc1ccccc1N1CCN(C(=O)CC(c2cccc(F)c2)c2cn(C)c3ccccc23)CC1. The van der Waals surface area contributed by atoms with Gasteiger partial charge in [0.25, 0.3) is 0 Å². The molecule has 0 N–H and O–H groups in total. The zero-order chi connectivity index (χ0) is 23.7. The lowest BCUT2D eigenvalue weighted by Crippen LogP contribution is -2.49. The van der Waals surface area contributed by atoms with E-state index in [1.165, 1.54) is 17.3 Å². The fourth-order valence-corrected chi connectivity index (χ4v) is 5.20. The number of aryl methyl sites for hydroxylation is 2. The molecule has 3 aromatic carbocycles. The molecule has 0 aliphatic carbocycles. The first-order chi connectivity index (χ1) is 16.5. The van der Waals surface area contributed by atoms with E-state index in [2.05, 4.69) is 59.0 Å². The van der Waals surface area contributed by atoms with Crippen molar-refractivity contribution in [3.63, 3.8) is 0 Å². The van der Waals surface area contributed by atoms with Gasteiger partial charge in [0.05, 0.1) is 0 Å². The zero-order valence-electron chi connectivity index (χ0n) is 19.7. The van der Waals surface area contributed by atoms with E-state index in [-0.39, 0.29) is 17.6 Å². The smallest absolute Gasteiger partial charge is 0.223 e. The van der Waals surface area contributed by atoms with Crippen LogP contribution < -0.4 is 4.90 Å². The Hall–Kier alpha value is -3.60. The molecule has 0 saturated carbocycles. The highest BCUT2D eigenvalue weighted by atomic mass is 19.1. The van der Waals surface area contributed by atoms with Gasteiger partial charge in [-0.05, 0) is 47.9 Å². The van der Waals surface area contributed by atoms with E-state index in [1.807, 2.05) is 30.1 Å². The molecule has 5 rings (SSSR count). The Morgan fingerprint density at radius 1 is 0.941 bits per heavy atom. The molecule has 4 aromatic rings. The van der Waals surface area contributed by atoms with Crippen LogP contribution in [0.4, 0.5) is 10.1 Å². The maximum Gasteiger partial charge on any atom is 0.223 e. The largest absolute Gasteiger partial charge is 0.368 e. The summed E-state index contributed by atoms with van der Waals surface area (Å²) in [5.74, 6) is -0.364. The third-order valence-electron chi connectivity index (χ3n) is 7.02. The number of fused-ring (bicyclic) bond motifs is 1. The summed E-state index contributed by atoms with van der Waals surface area (Å²) in [5.41, 5.74) is 5.50. The van der Waals surface area contributed by atoms with Gasteiger partial charge in [0.2, 0.25) is 5.91 Å². The quantitative estimate of drug-likeness (QED) is 0.398. The van der Waals surface area contributed by atoms with E-state index in [0.29, 0.717) is 19.5 Å². The maximum absolute atomic E-state index is 14.2. The third-order valence-corrected chi connectivity index (χ3v) is 7.02. The van der Waals surface area contributed by atoms with Gasteiger partial charge in [-0.25, -0.2) is 4.39 Å². The minimum atomic E-state index is -0.276. The van der Waals surface area contributed by atoms with Gasteiger partial charge in [0.1, 0.15) is 5.82 Å². The summed E-state index contributed by atoms with van der Waals surface area (Å²) in [6.45, 7) is 5.14. The van der Waals surface area contributed by atoms with Crippen molar-refractivity contribution in [2.45, 2.75) is 19.3 Å². The van der Waals surface area contributed by atoms with Crippen LogP contribution in [-0.2, 0) is 11.8 Å². The Kier molecular flexibility index (Phi) is 6.10. The van der Waals surface area contributed by atoms with Gasteiger partial charge in [-0.3, -0.25) is 4.79 Å². The summed E-state index contributed by atoms with van der Waals surface area (Å²) >= 11 is 0. The molecule has 174 valence electrons. The molecule has 0 bridgehead atoms. The second-order valence-corrected chi connectivity index (χ2v) is 9.18. The molecule has 1 atom stereocenters. The van der Waals surface area contributed by atoms with E-state index in [1.54, 1.807) is 12.1 Å². The predicted octanol–water partition coefficient (Wildman–Crippen LogP) is 5.50. The number of amides is 1. The minimum absolute atomic E-state index is 0.117. The molecule has 1 aliphatic rings. The van der Waals surface area contributed by atoms with Crippen LogP contribution in [0.2, 0.25) is 0 Å². The third kappa shape index (κ3) is 4.30. The van der Waals surface area contributed by atoms with Gasteiger partial charge >= 0.3 is 0 Å². The molecule has 2 heterocycles. The number of hydrogen-bond donors (Lipinski definition) is 0. The molecule has 1 unspecified atom stereocenters. The highest BCUT2D eigenvalue weighted by Gasteiger charge is 2.27. The van der Waals surface area contributed by atoms with Crippen LogP contribution in [0.1, 0.15) is 29.0 Å². The number of rotatable bonds is 5. The van der Waals surface area contributed by atoms with Gasteiger partial charge in [-0.2, -0.15) is 0 Å². The van der Waals surface area contributed by atoms with E-state index in [4.69, 9.17) is 0 Å². The fourth-order valence-electron chi connectivity index (χ4n) is 5.20. The van der Waals surface area contributed by atoms with Crippen molar-refractivity contribution in [1.29, 1.82) is 0 Å². The van der Waals surface area contributed by atoms with Gasteiger partial charge < -0.3 is 14.4 Å². The first-order valence-corrected chi connectivity index (χ1v) is 11.9. The molecule has 0 spiro atoms. The summed E-state index contributed by atoms with van der Waals surface area (Å²) in [7, 11) is 2.01. The van der Waals surface area contributed by atoms with Gasteiger partial charge in [0.15, 0.2) is 0 Å². The van der Waals surface area contributed by atoms with Crippen LogP contribution in [0, 0.1) is 12.7 Å². The number of anilines is 1. The first kappa shape index (κ1) is 22.2. The summed E-state index contributed by atoms with van der Waals surface area (Å²) in [5, 5.41) is 1.11. The number of carbonyl (C=O) groups is 1.